The minimum Gasteiger partial charge on any atom is -0.357 e. The van der Waals surface area contributed by atoms with E-state index in [4.69, 9.17) is 4.99 Å². The number of hydrogen-bond acceptors (Lipinski definition) is 3. The van der Waals surface area contributed by atoms with E-state index in [2.05, 4.69) is 41.1 Å². The van der Waals surface area contributed by atoms with Gasteiger partial charge in [0.1, 0.15) is 0 Å². The van der Waals surface area contributed by atoms with Crippen molar-refractivity contribution in [1.29, 1.82) is 0 Å². The first-order valence-corrected chi connectivity index (χ1v) is 9.76. The second-order valence-corrected chi connectivity index (χ2v) is 7.42. The highest BCUT2D eigenvalue weighted by molar-refractivity contribution is 14.0. The summed E-state index contributed by atoms with van der Waals surface area (Å²) in [5.74, 6) is 2.33. The standard InChI is InChI=1S/C16H32N4S.HI/c1-3-17-16(19-13-15-9-7-11-21-15)18-12-14-8-5-6-10-20(14)4-2;/h14-15H,3-13H2,1-2H3,(H2,17,18,19);1H. The molecule has 0 aromatic carbocycles. The van der Waals surface area contributed by atoms with Crippen LogP contribution in [0, 0.1) is 0 Å². The molecule has 22 heavy (non-hydrogen) atoms. The fraction of sp³-hybridized carbons (Fsp3) is 0.938. The van der Waals surface area contributed by atoms with Gasteiger partial charge in [-0.2, -0.15) is 11.8 Å². The van der Waals surface area contributed by atoms with Crippen LogP contribution < -0.4 is 10.6 Å². The number of thioether (sulfide) groups is 1. The maximum Gasteiger partial charge on any atom is 0.191 e. The van der Waals surface area contributed by atoms with Gasteiger partial charge >= 0.3 is 0 Å². The van der Waals surface area contributed by atoms with Gasteiger partial charge in [0.25, 0.3) is 0 Å². The van der Waals surface area contributed by atoms with E-state index in [1.165, 1.54) is 44.4 Å². The van der Waals surface area contributed by atoms with E-state index >= 15 is 0 Å². The first-order valence-electron chi connectivity index (χ1n) is 8.71. The van der Waals surface area contributed by atoms with E-state index in [0.717, 1.165) is 37.4 Å². The molecular weight excluding hydrogens is 407 g/mol. The molecule has 0 amide bonds. The molecule has 0 bridgehead atoms. The van der Waals surface area contributed by atoms with Crippen LogP contribution >= 0.6 is 35.7 Å². The van der Waals surface area contributed by atoms with Crippen LogP contribution in [-0.4, -0.2) is 60.6 Å². The predicted molar refractivity (Wildman–Crippen MR) is 110 cm³/mol. The summed E-state index contributed by atoms with van der Waals surface area (Å²) >= 11 is 2.10. The van der Waals surface area contributed by atoms with Gasteiger partial charge in [-0.25, -0.2) is 0 Å². The molecule has 6 heteroatoms. The maximum atomic E-state index is 4.84. The number of guanidine groups is 1. The third-order valence-electron chi connectivity index (χ3n) is 4.48. The van der Waals surface area contributed by atoms with E-state index in [1.807, 2.05) is 0 Å². The topological polar surface area (TPSA) is 39.7 Å². The summed E-state index contributed by atoms with van der Waals surface area (Å²) in [6, 6.07) is 0.639. The molecule has 2 heterocycles. The van der Waals surface area contributed by atoms with Gasteiger partial charge in [0.15, 0.2) is 5.96 Å². The normalized spacial score (nSPS) is 26.5. The van der Waals surface area contributed by atoms with Crippen LogP contribution in [0.25, 0.3) is 0 Å². The van der Waals surface area contributed by atoms with Gasteiger partial charge in [0, 0.05) is 24.4 Å². The summed E-state index contributed by atoms with van der Waals surface area (Å²) in [5, 5.41) is 7.70. The van der Waals surface area contributed by atoms with Crippen LogP contribution in [0.4, 0.5) is 0 Å². The average Bonchev–Trinajstić information content (AvgIpc) is 3.03. The van der Waals surface area contributed by atoms with Gasteiger partial charge in [-0.3, -0.25) is 9.89 Å². The summed E-state index contributed by atoms with van der Waals surface area (Å²) in [6.45, 7) is 9.73. The number of likely N-dealkylation sites (N-methyl/N-ethyl adjacent to an activating group) is 1. The fourth-order valence-corrected chi connectivity index (χ4v) is 4.44. The molecule has 4 nitrogen and oxygen atoms in total. The summed E-state index contributed by atoms with van der Waals surface area (Å²) < 4.78 is 0. The lowest BCUT2D eigenvalue weighted by Gasteiger charge is -2.34. The molecule has 0 aliphatic carbocycles. The van der Waals surface area contributed by atoms with Gasteiger partial charge in [0.05, 0.1) is 6.54 Å². The molecule has 2 saturated heterocycles. The molecule has 2 atom stereocenters. The lowest BCUT2D eigenvalue weighted by atomic mass is 10.0. The Balaban J connectivity index is 0.00000242. The molecule has 0 aromatic heterocycles. The molecule has 2 rings (SSSR count). The minimum atomic E-state index is 0. The lowest BCUT2D eigenvalue weighted by molar-refractivity contribution is 0.161. The van der Waals surface area contributed by atoms with Crippen molar-refractivity contribution < 1.29 is 0 Å². The Morgan fingerprint density at radius 1 is 1.18 bits per heavy atom. The summed E-state index contributed by atoms with van der Waals surface area (Å²) in [7, 11) is 0. The number of halogens is 1. The maximum absolute atomic E-state index is 4.84. The van der Waals surface area contributed by atoms with Crippen LogP contribution in [0.3, 0.4) is 0 Å². The molecule has 0 spiro atoms. The fourth-order valence-electron chi connectivity index (χ4n) is 3.24. The van der Waals surface area contributed by atoms with Gasteiger partial charge < -0.3 is 10.6 Å². The molecule has 2 unspecified atom stereocenters. The van der Waals surface area contributed by atoms with Crippen molar-refractivity contribution in [3.05, 3.63) is 0 Å². The quantitative estimate of drug-likeness (QED) is 0.379. The predicted octanol–water partition coefficient (Wildman–Crippen LogP) is 2.93. The van der Waals surface area contributed by atoms with E-state index in [1.54, 1.807) is 0 Å². The molecule has 2 fully saturated rings. The number of aliphatic imine (C=N–C) groups is 1. The van der Waals surface area contributed by atoms with Crippen molar-refractivity contribution >= 4 is 41.7 Å². The van der Waals surface area contributed by atoms with Crippen LogP contribution in [0.1, 0.15) is 46.0 Å². The van der Waals surface area contributed by atoms with Crippen molar-refractivity contribution in [2.45, 2.75) is 57.2 Å². The van der Waals surface area contributed by atoms with Crippen molar-refractivity contribution in [3.8, 4) is 0 Å². The zero-order chi connectivity index (χ0) is 14.9. The molecule has 0 aromatic rings. The first-order chi connectivity index (χ1) is 10.3. The van der Waals surface area contributed by atoms with Crippen molar-refractivity contribution in [2.75, 3.05) is 38.5 Å². The Labute approximate surface area is 157 Å². The highest BCUT2D eigenvalue weighted by Gasteiger charge is 2.20. The molecule has 2 N–H and O–H groups in total. The Hall–Kier alpha value is 0.310. The van der Waals surface area contributed by atoms with Crippen molar-refractivity contribution in [3.63, 3.8) is 0 Å². The molecule has 0 saturated carbocycles. The van der Waals surface area contributed by atoms with E-state index in [-0.39, 0.29) is 24.0 Å². The first kappa shape index (κ1) is 20.4. The zero-order valence-electron chi connectivity index (χ0n) is 14.1. The van der Waals surface area contributed by atoms with Crippen LogP contribution in [0.15, 0.2) is 4.99 Å². The third kappa shape index (κ3) is 6.83. The van der Waals surface area contributed by atoms with Crippen molar-refractivity contribution in [2.24, 2.45) is 4.99 Å². The largest absolute Gasteiger partial charge is 0.357 e. The van der Waals surface area contributed by atoms with E-state index in [0.29, 0.717) is 6.04 Å². The number of piperidine rings is 1. The van der Waals surface area contributed by atoms with Crippen LogP contribution in [-0.2, 0) is 0 Å². The summed E-state index contributed by atoms with van der Waals surface area (Å²) in [5.41, 5.74) is 0. The third-order valence-corrected chi connectivity index (χ3v) is 5.88. The number of nitrogens with one attached hydrogen (secondary N) is 2. The van der Waals surface area contributed by atoms with Crippen molar-refractivity contribution in [1.82, 2.24) is 15.5 Å². The minimum absolute atomic E-state index is 0. The molecule has 2 aliphatic heterocycles. The van der Waals surface area contributed by atoms with Gasteiger partial charge in [-0.05, 0) is 51.4 Å². The Bertz CT molecular complexity index is 321. The molecule has 0 radical (unpaired) electrons. The highest BCUT2D eigenvalue weighted by atomic mass is 127. The van der Waals surface area contributed by atoms with Gasteiger partial charge in [-0.1, -0.05) is 13.3 Å². The summed E-state index contributed by atoms with van der Waals surface area (Å²) in [4.78, 5) is 7.43. The monoisotopic (exact) mass is 440 g/mol. The van der Waals surface area contributed by atoms with Gasteiger partial charge in [-0.15, -0.1) is 24.0 Å². The number of nitrogens with zero attached hydrogens (tertiary/aromatic N) is 2. The average molecular weight is 440 g/mol. The Kier molecular flexibility index (Phi) is 10.9. The summed E-state index contributed by atoms with van der Waals surface area (Å²) in [6.07, 6.45) is 6.74. The lowest BCUT2D eigenvalue weighted by Crippen LogP contribution is -2.44. The van der Waals surface area contributed by atoms with Gasteiger partial charge in [0.2, 0.25) is 0 Å². The Morgan fingerprint density at radius 2 is 2.05 bits per heavy atom. The smallest absolute Gasteiger partial charge is 0.191 e. The molecule has 130 valence electrons. The highest BCUT2D eigenvalue weighted by Crippen LogP contribution is 2.25. The van der Waals surface area contributed by atoms with E-state index < -0.39 is 0 Å². The number of likely N-dealkylation sites (tertiary alicyclic amines) is 1. The number of hydrogen-bond donors (Lipinski definition) is 2. The van der Waals surface area contributed by atoms with E-state index in [9.17, 15) is 0 Å². The second kappa shape index (κ2) is 11.8. The second-order valence-electron chi connectivity index (χ2n) is 6.01. The van der Waals surface area contributed by atoms with Crippen LogP contribution in [0.2, 0.25) is 0 Å². The molecule has 2 aliphatic rings. The number of rotatable bonds is 6. The SMILES string of the molecule is CCNC(=NCC1CCCCN1CC)NCC1CCCS1.I. The zero-order valence-corrected chi connectivity index (χ0v) is 17.3. The van der Waals surface area contributed by atoms with Crippen LogP contribution in [0.5, 0.6) is 0 Å². The molecular formula is C16H33IN4S. The Morgan fingerprint density at radius 3 is 2.73 bits per heavy atom.